The number of carboxylic acids is 1. The number of ether oxygens (including phenoxy) is 1. The van der Waals surface area contributed by atoms with Gasteiger partial charge < -0.3 is 9.84 Å². The average Bonchev–Trinajstić information content (AvgIpc) is 2.36. The summed E-state index contributed by atoms with van der Waals surface area (Å²) in [4.78, 5) is 10.9. The molecule has 0 saturated carbocycles. The molecule has 0 aromatic heterocycles. The zero-order chi connectivity index (χ0) is 16.0. The van der Waals surface area contributed by atoms with E-state index in [-0.39, 0.29) is 16.9 Å². The second-order valence-corrected chi connectivity index (χ2v) is 6.86. The number of sulfonamides is 1. The van der Waals surface area contributed by atoms with E-state index in [0.29, 0.717) is 24.6 Å². The molecular formula is C14H21NO5S. The monoisotopic (exact) mass is 315 g/mol. The van der Waals surface area contributed by atoms with Gasteiger partial charge in [-0.25, -0.2) is 13.1 Å². The minimum absolute atomic E-state index is 0.0190. The van der Waals surface area contributed by atoms with Crippen LogP contribution >= 0.6 is 0 Å². The molecule has 1 aromatic rings. The van der Waals surface area contributed by atoms with Gasteiger partial charge in [0.15, 0.2) is 0 Å². The average molecular weight is 315 g/mol. The van der Waals surface area contributed by atoms with Crippen LogP contribution in [0.25, 0.3) is 0 Å². The number of aliphatic carboxylic acids is 1. The summed E-state index contributed by atoms with van der Waals surface area (Å²) in [6.07, 6.45) is 0.335. The highest BCUT2D eigenvalue weighted by atomic mass is 32.2. The van der Waals surface area contributed by atoms with Crippen LogP contribution in [0.5, 0.6) is 5.75 Å². The molecule has 0 radical (unpaired) electrons. The van der Waals surface area contributed by atoms with Crippen molar-refractivity contribution >= 4 is 16.0 Å². The predicted octanol–water partition coefficient (Wildman–Crippen LogP) is 1.65. The van der Waals surface area contributed by atoms with Gasteiger partial charge in [0.1, 0.15) is 5.75 Å². The first kappa shape index (κ1) is 17.5. The lowest BCUT2D eigenvalue weighted by Crippen LogP contribution is -2.27. The number of methoxy groups -OCH3 is 1. The molecule has 0 spiro atoms. The molecule has 0 saturated heterocycles. The van der Waals surface area contributed by atoms with Crippen molar-refractivity contribution in [2.45, 2.75) is 31.6 Å². The van der Waals surface area contributed by atoms with Crippen LogP contribution in [0.4, 0.5) is 0 Å². The van der Waals surface area contributed by atoms with E-state index in [2.05, 4.69) is 4.72 Å². The lowest BCUT2D eigenvalue weighted by Gasteiger charge is -2.12. The van der Waals surface area contributed by atoms with E-state index < -0.39 is 16.0 Å². The first-order valence-electron chi connectivity index (χ1n) is 6.64. The number of benzene rings is 1. The van der Waals surface area contributed by atoms with E-state index in [9.17, 15) is 13.2 Å². The maximum absolute atomic E-state index is 12.3. The Morgan fingerprint density at radius 2 is 2.05 bits per heavy atom. The van der Waals surface area contributed by atoms with Crippen molar-refractivity contribution in [3.8, 4) is 5.75 Å². The van der Waals surface area contributed by atoms with Crippen LogP contribution in [0.1, 0.15) is 25.8 Å². The predicted molar refractivity (Wildman–Crippen MR) is 79.0 cm³/mol. The van der Waals surface area contributed by atoms with Gasteiger partial charge in [-0.3, -0.25) is 4.79 Å². The van der Waals surface area contributed by atoms with Crippen molar-refractivity contribution in [2.24, 2.45) is 5.92 Å². The van der Waals surface area contributed by atoms with Crippen molar-refractivity contribution in [3.05, 3.63) is 23.8 Å². The molecule has 7 heteroatoms. The molecule has 0 unspecified atom stereocenters. The third kappa shape index (κ3) is 5.35. The summed E-state index contributed by atoms with van der Waals surface area (Å²) in [7, 11) is -2.29. The summed E-state index contributed by atoms with van der Waals surface area (Å²) in [5.74, 6) is -0.295. The molecule has 0 atom stereocenters. The number of hydrogen-bond acceptors (Lipinski definition) is 4. The lowest BCUT2D eigenvalue weighted by atomic mass is 10.1. The minimum atomic E-state index is -3.73. The Labute approximate surface area is 125 Å². The van der Waals surface area contributed by atoms with Gasteiger partial charge in [-0.05, 0) is 36.1 Å². The SMILES string of the molecule is COc1ccc(S(=O)(=O)NCCC(C)C)c(CC(=O)O)c1. The number of hydrogen-bond donors (Lipinski definition) is 2. The quantitative estimate of drug-likeness (QED) is 0.761. The van der Waals surface area contributed by atoms with Gasteiger partial charge in [0.25, 0.3) is 0 Å². The summed E-state index contributed by atoms with van der Waals surface area (Å²) >= 11 is 0. The summed E-state index contributed by atoms with van der Waals surface area (Å²) < 4.78 is 32.0. The highest BCUT2D eigenvalue weighted by Gasteiger charge is 2.20. The van der Waals surface area contributed by atoms with Gasteiger partial charge >= 0.3 is 5.97 Å². The summed E-state index contributed by atoms with van der Waals surface area (Å²) in [6, 6.07) is 4.31. The molecule has 6 nitrogen and oxygen atoms in total. The number of rotatable bonds is 8. The smallest absolute Gasteiger partial charge is 0.307 e. The van der Waals surface area contributed by atoms with Crippen LogP contribution in [-0.4, -0.2) is 33.1 Å². The number of carbonyl (C=O) groups is 1. The molecule has 0 aliphatic rings. The highest BCUT2D eigenvalue weighted by Crippen LogP contribution is 2.22. The molecule has 2 N–H and O–H groups in total. The summed E-state index contributed by atoms with van der Waals surface area (Å²) in [5.41, 5.74) is 0.207. The van der Waals surface area contributed by atoms with E-state index in [1.54, 1.807) is 0 Å². The Balaban J connectivity index is 3.06. The van der Waals surface area contributed by atoms with Crippen molar-refractivity contribution in [3.63, 3.8) is 0 Å². The Hall–Kier alpha value is -1.60. The van der Waals surface area contributed by atoms with Crippen LogP contribution in [0.2, 0.25) is 0 Å². The maximum atomic E-state index is 12.3. The third-order valence-electron chi connectivity index (χ3n) is 2.91. The Kier molecular flexibility index (Phi) is 6.17. The second kappa shape index (κ2) is 7.42. The summed E-state index contributed by atoms with van der Waals surface area (Å²) in [5, 5.41) is 8.91. The molecular weight excluding hydrogens is 294 g/mol. The fraction of sp³-hybridized carbons (Fsp3) is 0.500. The van der Waals surface area contributed by atoms with Crippen LogP contribution in [0, 0.1) is 5.92 Å². The fourth-order valence-corrected chi connectivity index (χ4v) is 3.07. The van der Waals surface area contributed by atoms with Gasteiger partial charge in [-0.2, -0.15) is 0 Å². The molecule has 0 amide bonds. The largest absolute Gasteiger partial charge is 0.497 e. The van der Waals surface area contributed by atoms with E-state index >= 15 is 0 Å². The maximum Gasteiger partial charge on any atom is 0.307 e. The van der Waals surface area contributed by atoms with E-state index in [4.69, 9.17) is 9.84 Å². The molecule has 1 rings (SSSR count). The molecule has 0 aliphatic heterocycles. The van der Waals surface area contributed by atoms with Gasteiger partial charge in [-0.1, -0.05) is 13.8 Å². The van der Waals surface area contributed by atoms with Gasteiger partial charge in [-0.15, -0.1) is 0 Å². The van der Waals surface area contributed by atoms with Crippen molar-refractivity contribution in [1.82, 2.24) is 4.72 Å². The Morgan fingerprint density at radius 3 is 2.57 bits per heavy atom. The summed E-state index contributed by atoms with van der Waals surface area (Å²) in [6.45, 7) is 4.31. The molecule has 0 bridgehead atoms. The Bertz CT molecular complexity index is 595. The van der Waals surface area contributed by atoms with Gasteiger partial charge in [0.2, 0.25) is 10.0 Å². The molecule has 0 heterocycles. The molecule has 1 aromatic carbocycles. The normalized spacial score (nSPS) is 11.6. The van der Waals surface area contributed by atoms with E-state index in [0.717, 1.165) is 0 Å². The number of nitrogens with one attached hydrogen (secondary N) is 1. The van der Waals surface area contributed by atoms with E-state index in [1.165, 1.54) is 25.3 Å². The first-order chi connectivity index (χ1) is 9.76. The number of carboxylic acid groups (broad SMARTS) is 1. The topological polar surface area (TPSA) is 92.7 Å². The van der Waals surface area contributed by atoms with Gasteiger partial charge in [0, 0.05) is 6.54 Å². The standard InChI is InChI=1S/C14H21NO5S/c1-10(2)6-7-15-21(18,19)13-5-4-12(20-3)8-11(13)9-14(16)17/h4-5,8,10,15H,6-7,9H2,1-3H3,(H,16,17). The molecule has 21 heavy (non-hydrogen) atoms. The molecule has 0 fully saturated rings. The van der Waals surface area contributed by atoms with Crippen molar-refractivity contribution in [2.75, 3.05) is 13.7 Å². The van der Waals surface area contributed by atoms with Crippen LogP contribution < -0.4 is 9.46 Å². The molecule has 0 aliphatic carbocycles. The van der Waals surface area contributed by atoms with Crippen LogP contribution in [0.15, 0.2) is 23.1 Å². The third-order valence-corrected chi connectivity index (χ3v) is 4.47. The zero-order valence-corrected chi connectivity index (χ0v) is 13.2. The molecule has 118 valence electrons. The lowest BCUT2D eigenvalue weighted by molar-refractivity contribution is -0.136. The Morgan fingerprint density at radius 1 is 1.38 bits per heavy atom. The van der Waals surface area contributed by atoms with Crippen molar-refractivity contribution in [1.29, 1.82) is 0 Å². The fourth-order valence-electron chi connectivity index (χ4n) is 1.81. The van der Waals surface area contributed by atoms with Crippen LogP contribution in [-0.2, 0) is 21.2 Å². The first-order valence-corrected chi connectivity index (χ1v) is 8.13. The highest BCUT2D eigenvalue weighted by molar-refractivity contribution is 7.89. The zero-order valence-electron chi connectivity index (χ0n) is 12.4. The van der Waals surface area contributed by atoms with Gasteiger partial charge in [0.05, 0.1) is 18.4 Å². The van der Waals surface area contributed by atoms with Crippen molar-refractivity contribution < 1.29 is 23.1 Å². The van der Waals surface area contributed by atoms with E-state index in [1.807, 2.05) is 13.8 Å². The minimum Gasteiger partial charge on any atom is -0.497 e. The van der Waals surface area contributed by atoms with Crippen LogP contribution in [0.3, 0.4) is 0 Å². The second-order valence-electron chi connectivity index (χ2n) is 5.12.